The molecule has 0 saturated carbocycles. The van der Waals surface area contributed by atoms with Gasteiger partial charge in [0.15, 0.2) is 0 Å². The maximum Gasteiger partial charge on any atom is 0.573 e. The van der Waals surface area contributed by atoms with Crippen molar-refractivity contribution in [1.29, 1.82) is 0 Å². The minimum absolute atomic E-state index is 0.151. The van der Waals surface area contributed by atoms with Crippen LogP contribution in [0.5, 0.6) is 5.75 Å². The first-order valence-electron chi connectivity index (χ1n) is 7.09. The zero-order valence-corrected chi connectivity index (χ0v) is 13.8. The molecule has 0 heterocycles. The molecule has 2 aromatic rings. The monoisotopic (exact) mass is 359 g/mol. The van der Waals surface area contributed by atoms with Crippen molar-refractivity contribution in [3.8, 4) is 5.75 Å². The molecule has 0 aromatic heterocycles. The molecule has 0 radical (unpaired) electrons. The molecule has 24 heavy (non-hydrogen) atoms. The van der Waals surface area contributed by atoms with Gasteiger partial charge in [0.25, 0.3) is 10.0 Å². The van der Waals surface area contributed by atoms with Crippen molar-refractivity contribution in [2.45, 2.75) is 31.5 Å². The van der Waals surface area contributed by atoms with E-state index in [0.29, 0.717) is 12.1 Å². The molecule has 2 aromatic carbocycles. The third kappa shape index (κ3) is 4.41. The van der Waals surface area contributed by atoms with Crippen molar-refractivity contribution < 1.29 is 26.3 Å². The van der Waals surface area contributed by atoms with E-state index < -0.39 is 22.1 Å². The topological polar surface area (TPSA) is 55.4 Å². The molecule has 0 amide bonds. The number of ether oxygens (including phenoxy) is 1. The summed E-state index contributed by atoms with van der Waals surface area (Å²) in [5.41, 5.74) is 2.07. The Morgan fingerprint density at radius 3 is 2.25 bits per heavy atom. The number of para-hydroxylation sites is 1. The second kappa shape index (κ2) is 6.72. The first-order chi connectivity index (χ1) is 11.1. The molecule has 2 rings (SSSR count). The molecular weight excluding hydrogens is 343 g/mol. The Morgan fingerprint density at radius 2 is 1.71 bits per heavy atom. The number of hydrogen-bond donors (Lipinski definition) is 1. The molecule has 4 nitrogen and oxygen atoms in total. The number of nitrogens with one attached hydrogen (secondary N) is 1. The van der Waals surface area contributed by atoms with Crippen molar-refractivity contribution >= 4 is 15.7 Å². The van der Waals surface area contributed by atoms with Crippen LogP contribution in [-0.2, 0) is 16.4 Å². The first-order valence-corrected chi connectivity index (χ1v) is 8.58. The van der Waals surface area contributed by atoms with E-state index in [-0.39, 0.29) is 4.90 Å². The van der Waals surface area contributed by atoms with E-state index in [0.717, 1.165) is 35.4 Å². The van der Waals surface area contributed by atoms with Crippen molar-refractivity contribution in [3.63, 3.8) is 0 Å². The van der Waals surface area contributed by atoms with E-state index in [1.165, 1.54) is 0 Å². The van der Waals surface area contributed by atoms with Crippen molar-refractivity contribution in [2.24, 2.45) is 0 Å². The van der Waals surface area contributed by atoms with Gasteiger partial charge in [-0.3, -0.25) is 4.72 Å². The van der Waals surface area contributed by atoms with Crippen LogP contribution < -0.4 is 9.46 Å². The Balaban J connectivity index is 2.28. The smallest absolute Gasteiger partial charge is 0.406 e. The largest absolute Gasteiger partial charge is 0.573 e. The fourth-order valence-corrected chi connectivity index (χ4v) is 3.36. The van der Waals surface area contributed by atoms with Crippen molar-refractivity contribution in [1.82, 2.24) is 0 Å². The Kier molecular flexibility index (Phi) is 5.08. The van der Waals surface area contributed by atoms with Gasteiger partial charge in [0.1, 0.15) is 5.75 Å². The third-order valence-corrected chi connectivity index (χ3v) is 4.71. The maximum absolute atomic E-state index is 12.4. The quantitative estimate of drug-likeness (QED) is 0.868. The van der Waals surface area contributed by atoms with Gasteiger partial charge in [-0.2, -0.15) is 0 Å². The molecule has 0 spiro atoms. The summed E-state index contributed by atoms with van der Waals surface area (Å²) in [6, 6.07) is 9.46. The van der Waals surface area contributed by atoms with Crippen molar-refractivity contribution in [3.05, 3.63) is 53.6 Å². The van der Waals surface area contributed by atoms with Gasteiger partial charge in [0.2, 0.25) is 0 Å². The highest BCUT2D eigenvalue weighted by molar-refractivity contribution is 7.92. The fourth-order valence-electron chi connectivity index (χ4n) is 2.18. The molecule has 0 aliphatic rings. The number of benzene rings is 2. The summed E-state index contributed by atoms with van der Waals surface area (Å²) in [5, 5.41) is 0. The number of anilines is 1. The summed E-state index contributed by atoms with van der Waals surface area (Å²) in [6.45, 7) is 3.67. The Bertz CT molecular complexity index is 815. The minimum atomic E-state index is -4.82. The summed E-state index contributed by atoms with van der Waals surface area (Å²) < 4.78 is 67.5. The SMILES string of the molecule is CCc1cccc(C)c1NS(=O)(=O)c1ccc(OC(F)(F)F)cc1. The molecule has 0 saturated heterocycles. The van der Waals surface area contributed by atoms with Crippen LogP contribution in [0, 0.1) is 6.92 Å². The lowest BCUT2D eigenvalue weighted by Crippen LogP contribution is -2.17. The number of sulfonamides is 1. The van der Waals surface area contributed by atoms with Crippen LogP contribution in [-0.4, -0.2) is 14.8 Å². The van der Waals surface area contributed by atoms with E-state index in [1.807, 2.05) is 19.1 Å². The van der Waals surface area contributed by atoms with Gasteiger partial charge >= 0.3 is 6.36 Å². The second-order valence-corrected chi connectivity index (χ2v) is 6.77. The van der Waals surface area contributed by atoms with Crippen LogP contribution in [0.25, 0.3) is 0 Å². The summed E-state index contributed by atoms with van der Waals surface area (Å²) in [4.78, 5) is -0.151. The van der Waals surface area contributed by atoms with Gasteiger partial charge in [-0.15, -0.1) is 13.2 Å². The Morgan fingerprint density at radius 1 is 1.08 bits per heavy atom. The third-order valence-electron chi connectivity index (χ3n) is 3.34. The molecule has 130 valence electrons. The van der Waals surface area contributed by atoms with Gasteiger partial charge in [-0.1, -0.05) is 25.1 Å². The van der Waals surface area contributed by atoms with Crippen LogP contribution in [0.3, 0.4) is 0 Å². The Hall–Kier alpha value is -2.22. The minimum Gasteiger partial charge on any atom is -0.406 e. The zero-order valence-electron chi connectivity index (χ0n) is 13.0. The average molecular weight is 359 g/mol. The Labute approximate surface area is 138 Å². The number of alkyl halides is 3. The predicted molar refractivity (Wildman–Crippen MR) is 84.5 cm³/mol. The number of aryl methyl sites for hydroxylation is 2. The average Bonchev–Trinajstić information content (AvgIpc) is 2.48. The lowest BCUT2D eigenvalue weighted by molar-refractivity contribution is -0.274. The van der Waals surface area contributed by atoms with Crippen LogP contribution in [0.4, 0.5) is 18.9 Å². The normalized spacial score (nSPS) is 12.0. The highest BCUT2D eigenvalue weighted by Gasteiger charge is 2.31. The summed E-state index contributed by atoms with van der Waals surface area (Å²) >= 11 is 0. The van der Waals surface area contributed by atoms with Crippen LogP contribution in [0.15, 0.2) is 47.4 Å². The lowest BCUT2D eigenvalue weighted by Gasteiger charge is -2.15. The van der Waals surface area contributed by atoms with E-state index in [2.05, 4.69) is 9.46 Å². The van der Waals surface area contributed by atoms with Crippen LogP contribution >= 0.6 is 0 Å². The molecule has 0 atom stereocenters. The summed E-state index contributed by atoms with van der Waals surface area (Å²) in [6.07, 6.45) is -4.19. The second-order valence-electron chi connectivity index (χ2n) is 5.09. The molecule has 0 aliphatic heterocycles. The number of halogens is 3. The zero-order chi connectivity index (χ0) is 18.0. The highest BCUT2D eigenvalue weighted by Crippen LogP contribution is 2.27. The van der Waals surface area contributed by atoms with Gasteiger partial charge in [-0.25, -0.2) is 8.42 Å². The van der Waals surface area contributed by atoms with Gasteiger partial charge < -0.3 is 4.74 Å². The van der Waals surface area contributed by atoms with E-state index in [4.69, 9.17) is 0 Å². The first kappa shape index (κ1) is 18.1. The van der Waals surface area contributed by atoms with E-state index in [1.54, 1.807) is 13.0 Å². The molecule has 0 bridgehead atoms. The molecule has 0 aliphatic carbocycles. The maximum atomic E-state index is 12.4. The van der Waals surface area contributed by atoms with Gasteiger partial charge in [0.05, 0.1) is 10.6 Å². The molecule has 8 heteroatoms. The molecule has 0 unspecified atom stereocenters. The van der Waals surface area contributed by atoms with E-state index in [9.17, 15) is 21.6 Å². The standard InChI is InChI=1S/C16H16F3NO3S/c1-3-12-6-4-5-11(2)15(12)20-24(21,22)14-9-7-13(8-10-14)23-16(17,18)19/h4-10,20H,3H2,1-2H3. The fraction of sp³-hybridized carbons (Fsp3) is 0.250. The highest BCUT2D eigenvalue weighted by atomic mass is 32.2. The molecule has 0 fully saturated rings. The summed E-state index contributed by atoms with van der Waals surface area (Å²) in [7, 11) is -3.92. The predicted octanol–water partition coefficient (Wildman–Crippen LogP) is 4.26. The molecule has 1 N–H and O–H groups in total. The molecular formula is C16H16F3NO3S. The number of rotatable bonds is 5. The van der Waals surface area contributed by atoms with E-state index >= 15 is 0 Å². The van der Waals surface area contributed by atoms with Crippen LogP contribution in [0.2, 0.25) is 0 Å². The van der Waals surface area contributed by atoms with Crippen molar-refractivity contribution in [2.75, 3.05) is 4.72 Å². The van der Waals surface area contributed by atoms with Crippen LogP contribution in [0.1, 0.15) is 18.1 Å². The van der Waals surface area contributed by atoms with Gasteiger partial charge in [0, 0.05) is 0 Å². The van der Waals surface area contributed by atoms with Gasteiger partial charge in [-0.05, 0) is 48.7 Å². The summed E-state index contributed by atoms with van der Waals surface area (Å²) in [5.74, 6) is -0.480. The number of hydrogen-bond acceptors (Lipinski definition) is 3. The lowest BCUT2D eigenvalue weighted by atomic mass is 10.1.